The number of aliphatic imine (C=N–C) groups is 1. The first kappa shape index (κ1) is 29.9. The van der Waals surface area contributed by atoms with Gasteiger partial charge in [0.15, 0.2) is 0 Å². The Bertz CT molecular complexity index is 1390. The number of nitrogens with one attached hydrogen (secondary N) is 1. The van der Waals surface area contributed by atoms with E-state index in [0.717, 1.165) is 35.4 Å². The Balaban J connectivity index is 1.33. The normalized spacial score (nSPS) is 19.0. The molecule has 10 nitrogen and oxygen atoms in total. The average Bonchev–Trinajstić information content (AvgIpc) is 3.39. The number of rotatable bonds is 11. The summed E-state index contributed by atoms with van der Waals surface area (Å²) in [6, 6.07) is 16.4. The highest BCUT2D eigenvalue weighted by molar-refractivity contribution is 7.99. The van der Waals surface area contributed by atoms with Crippen molar-refractivity contribution in [2.75, 3.05) is 17.7 Å². The molecule has 2 heterocycles. The minimum absolute atomic E-state index is 0.0936. The van der Waals surface area contributed by atoms with E-state index >= 15 is 0 Å². The number of fused-ring (bicyclic) bond motifs is 1. The second kappa shape index (κ2) is 14.1. The SMILES string of the molecule is CN1C(=O)[C@H](CC(=O)N[C@@H](CC2CCCCC2)C(O)CSc2nnnn2C)N=C(Cc2ccccc2)c2ccccc21. The van der Waals surface area contributed by atoms with Crippen molar-refractivity contribution in [2.45, 2.75) is 74.7 Å². The number of thioether (sulfide) groups is 1. The van der Waals surface area contributed by atoms with Crippen LogP contribution < -0.4 is 10.2 Å². The van der Waals surface area contributed by atoms with E-state index in [-0.39, 0.29) is 18.2 Å². The van der Waals surface area contributed by atoms with Gasteiger partial charge in [-0.25, -0.2) is 4.68 Å². The maximum atomic E-state index is 13.6. The van der Waals surface area contributed by atoms with Crippen LogP contribution in [0, 0.1) is 5.92 Å². The van der Waals surface area contributed by atoms with Gasteiger partial charge < -0.3 is 15.3 Å². The minimum Gasteiger partial charge on any atom is -0.390 e. The Hall–Kier alpha value is -3.57. The number of anilines is 1. The van der Waals surface area contributed by atoms with Crippen molar-refractivity contribution < 1.29 is 14.7 Å². The number of benzene rings is 2. The molecule has 1 saturated carbocycles. The highest BCUT2D eigenvalue weighted by atomic mass is 32.2. The number of aliphatic hydroxyl groups excluding tert-OH is 1. The molecule has 0 spiro atoms. The molecule has 2 aromatic carbocycles. The molecule has 2 amide bonds. The molecule has 3 atom stereocenters. The van der Waals surface area contributed by atoms with Crippen molar-refractivity contribution in [3.8, 4) is 0 Å². The molecular weight excluding hydrogens is 550 g/mol. The van der Waals surface area contributed by atoms with E-state index < -0.39 is 18.2 Å². The molecule has 2 aliphatic rings. The summed E-state index contributed by atoms with van der Waals surface area (Å²) in [5.41, 5.74) is 3.53. The second-order valence-electron chi connectivity index (χ2n) is 11.2. The first-order valence-corrected chi connectivity index (χ1v) is 15.7. The molecule has 0 bridgehead atoms. The Morgan fingerprint density at radius 1 is 1.07 bits per heavy atom. The van der Waals surface area contributed by atoms with Crippen LogP contribution in [0.4, 0.5) is 5.69 Å². The van der Waals surface area contributed by atoms with Crippen LogP contribution in [0.2, 0.25) is 0 Å². The Kier molecular flexibility index (Phi) is 10.0. The van der Waals surface area contributed by atoms with Crippen molar-refractivity contribution in [3.63, 3.8) is 0 Å². The van der Waals surface area contributed by atoms with Crippen molar-refractivity contribution in [3.05, 3.63) is 65.7 Å². The Morgan fingerprint density at radius 2 is 1.81 bits per heavy atom. The highest BCUT2D eigenvalue weighted by Crippen LogP contribution is 2.30. The van der Waals surface area contributed by atoms with Gasteiger partial charge in [-0.2, -0.15) is 0 Å². The number of carbonyl (C=O) groups is 2. The molecule has 0 saturated heterocycles. The summed E-state index contributed by atoms with van der Waals surface area (Å²) >= 11 is 1.36. The maximum absolute atomic E-state index is 13.6. The van der Waals surface area contributed by atoms with Gasteiger partial charge in [0, 0.05) is 37.5 Å². The van der Waals surface area contributed by atoms with Gasteiger partial charge >= 0.3 is 0 Å². The lowest BCUT2D eigenvalue weighted by Gasteiger charge is -2.30. The third-order valence-electron chi connectivity index (χ3n) is 8.18. The van der Waals surface area contributed by atoms with E-state index in [4.69, 9.17) is 4.99 Å². The molecule has 1 unspecified atom stereocenters. The van der Waals surface area contributed by atoms with Gasteiger partial charge in [0.05, 0.1) is 24.3 Å². The first-order chi connectivity index (χ1) is 20.4. The number of hydrogen-bond donors (Lipinski definition) is 2. The van der Waals surface area contributed by atoms with Crippen LogP contribution in [-0.2, 0) is 23.1 Å². The van der Waals surface area contributed by atoms with E-state index in [1.165, 1.54) is 31.0 Å². The molecule has 0 radical (unpaired) electrons. The topological polar surface area (TPSA) is 126 Å². The molecule has 3 aromatic rings. The number of aryl methyl sites for hydroxylation is 1. The van der Waals surface area contributed by atoms with Crippen molar-refractivity contribution in [1.82, 2.24) is 25.5 Å². The molecule has 1 aliphatic carbocycles. The zero-order valence-electron chi connectivity index (χ0n) is 24.2. The van der Waals surface area contributed by atoms with Gasteiger partial charge in [-0.3, -0.25) is 14.6 Å². The van der Waals surface area contributed by atoms with E-state index in [1.807, 2.05) is 54.6 Å². The molecule has 222 valence electrons. The smallest absolute Gasteiger partial charge is 0.252 e. The fraction of sp³-hybridized carbons (Fsp3) is 0.484. The predicted octanol–water partition coefficient (Wildman–Crippen LogP) is 3.59. The van der Waals surface area contributed by atoms with Crippen LogP contribution >= 0.6 is 11.8 Å². The van der Waals surface area contributed by atoms with E-state index in [0.29, 0.717) is 29.7 Å². The van der Waals surface area contributed by atoms with Gasteiger partial charge in [-0.1, -0.05) is 92.4 Å². The van der Waals surface area contributed by atoms with E-state index in [2.05, 4.69) is 20.8 Å². The number of tetrazole rings is 1. The van der Waals surface area contributed by atoms with Gasteiger partial charge in [0.1, 0.15) is 6.04 Å². The van der Waals surface area contributed by atoms with Crippen molar-refractivity contribution in [1.29, 1.82) is 0 Å². The summed E-state index contributed by atoms with van der Waals surface area (Å²) in [5, 5.41) is 26.4. The van der Waals surface area contributed by atoms with Gasteiger partial charge in [-0.05, 0) is 34.4 Å². The highest BCUT2D eigenvalue weighted by Gasteiger charge is 2.33. The van der Waals surface area contributed by atoms with Gasteiger partial charge in [0.2, 0.25) is 11.1 Å². The number of amides is 2. The summed E-state index contributed by atoms with van der Waals surface area (Å²) in [4.78, 5) is 33.7. The summed E-state index contributed by atoms with van der Waals surface area (Å²) in [7, 11) is 3.49. The van der Waals surface area contributed by atoms with Crippen LogP contribution in [0.3, 0.4) is 0 Å². The van der Waals surface area contributed by atoms with E-state index in [9.17, 15) is 14.7 Å². The zero-order chi connectivity index (χ0) is 29.5. The first-order valence-electron chi connectivity index (χ1n) is 14.7. The van der Waals surface area contributed by atoms with Crippen LogP contribution in [0.5, 0.6) is 0 Å². The van der Waals surface area contributed by atoms with Crippen LogP contribution in [0.15, 0.2) is 64.7 Å². The number of nitrogens with zero attached hydrogens (tertiary/aromatic N) is 6. The lowest BCUT2D eigenvalue weighted by atomic mass is 9.84. The second-order valence-corrected chi connectivity index (χ2v) is 12.2. The predicted molar refractivity (Wildman–Crippen MR) is 164 cm³/mol. The molecule has 1 aromatic heterocycles. The summed E-state index contributed by atoms with van der Waals surface area (Å²) < 4.78 is 1.56. The monoisotopic (exact) mass is 589 g/mol. The third-order valence-corrected chi connectivity index (χ3v) is 9.30. The van der Waals surface area contributed by atoms with Crippen molar-refractivity contribution >= 4 is 35.0 Å². The number of hydrogen-bond acceptors (Lipinski definition) is 8. The standard InChI is InChI=1S/C31H39N7O3S/c1-37-27-16-10-9-15-23(27)24(17-21-11-5-3-6-12-21)32-26(30(37)41)19-29(40)33-25(18-22-13-7-4-8-14-22)28(39)20-42-31-34-35-36-38(31)2/h3,5-6,9-12,15-16,22,25-26,28,39H,4,7-8,13-14,17-20H2,1-2H3,(H,33,40)/t25-,26-,28?/m0/s1. The van der Waals surface area contributed by atoms with Crippen LogP contribution in [0.1, 0.15) is 56.1 Å². The summed E-state index contributed by atoms with van der Waals surface area (Å²) in [6.45, 7) is 0. The molecule has 1 aliphatic heterocycles. The number of aliphatic hydroxyl groups is 1. The molecule has 1 fully saturated rings. The third kappa shape index (κ3) is 7.43. The lowest BCUT2D eigenvalue weighted by molar-refractivity contribution is -0.127. The minimum atomic E-state index is -0.868. The summed E-state index contributed by atoms with van der Waals surface area (Å²) in [5.74, 6) is 0.262. The molecule has 5 rings (SSSR count). The number of para-hydroxylation sites is 1. The van der Waals surface area contributed by atoms with E-state index in [1.54, 1.807) is 23.7 Å². The zero-order valence-corrected chi connectivity index (χ0v) is 25.0. The maximum Gasteiger partial charge on any atom is 0.252 e. The molecule has 11 heteroatoms. The fourth-order valence-electron chi connectivity index (χ4n) is 5.88. The van der Waals surface area contributed by atoms with Crippen LogP contribution in [0.25, 0.3) is 0 Å². The summed E-state index contributed by atoms with van der Waals surface area (Å²) in [6.07, 6.45) is 6.11. The average molecular weight is 590 g/mol. The molecular formula is C31H39N7O3S. The van der Waals surface area contributed by atoms with Crippen LogP contribution in [-0.4, -0.2) is 73.8 Å². The van der Waals surface area contributed by atoms with Gasteiger partial charge in [0.25, 0.3) is 5.91 Å². The number of carbonyl (C=O) groups excluding carboxylic acids is 2. The lowest BCUT2D eigenvalue weighted by Crippen LogP contribution is -2.47. The Morgan fingerprint density at radius 3 is 2.55 bits per heavy atom. The largest absolute Gasteiger partial charge is 0.390 e. The van der Waals surface area contributed by atoms with Gasteiger partial charge in [-0.15, -0.1) is 5.10 Å². The molecule has 42 heavy (non-hydrogen) atoms. The fourth-order valence-corrected chi connectivity index (χ4v) is 6.75. The van der Waals surface area contributed by atoms with Crippen molar-refractivity contribution in [2.24, 2.45) is 18.0 Å². The number of aromatic nitrogens is 4. The molecule has 2 N–H and O–H groups in total. The number of likely N-dealkylation sites (N-methyl/N-ethyl adjacent to an activating group) is 1. The Labute approximate surface area is 251 Å². The quantitative estimate of drug-likeness (QED) is 0.328. The number of benzodiazepines with no additional fused rings is 1.